The molecule has 2 aromatic rings. The van der Waals surface area contributed by atoms with Gasteiger partial charge in [-0.3, -0.25) is 14.9 Å². The van der Waals surface area contributed by atoms with Gasteiger partial charge in [-0.15, -0.1) is 0 Å². The van der Waals surface area contributed by atoms with Gasteiger partial charge in [0.15, 0.2) is 6.54 Å². The maximum atomic E-state index is 13.7. The van der Waals surface area contributed by atoms with E-state index in [-0.39, 0.29) is 28.5 Å². The van der Waals surface area contributed by atoms with E-state index in [9.17, 15) is 23.7 Å². The van der Waals surface area contributed by atoms with Crippen molar-refractivity contribution in [2.24, 2.45) is 0 Å². The molecule has 0 bridgehead atoms. The van der Waals surface area contributed by atoms with Crippen LogP contribution < -0.4 is 10.6 Å². The van der Waals surface area contributed by atoms with Crippen molar-refractivity contribution in [1.82, 2.24) is 0 Å². The summed E-state index contributed by atoms with van der Waals surface area (Å²) in [6.07, 6.45) is 0. The summed E-state index contributed by atoms with van der Waals surface area (Å²) in [5.74, 6) is -1.76. The van der Waals surface area contributed by atoms with Crippen LogP contribution in [0.3, 0.4) is 0 Å². The van der Waals surface area contributed by atoms with Gasteiger partial charge in [0.1, 0.15) is 17.7 Å². The predicted molar refractivity (Wildman–Crippen MR) is 88.3 cm³/mol. The smallest absolute Gasteiger partial charge is 0.279 e. The standard InChI is InChI=1S/C16H14ClF2N3O3/c1-9(12-4-2-10(18)6-14(12)19)20-8-16(23)21-15-5-3-11(22(24)25)7-13(15)17/h2-7,9,20H,8H2,1H3,(H,21,23)/p+1/t9-/m0/s1. The Kier molecular flexibility index (Phi) is 6.00. The molecule has 2 aromatic carbocycles. The van der Waals surface area contributed by atoms with Crippen LogP contribution in [0.2, 0.25) is 5.02 Å². The number of hydrogen-bond acceptors (Lipinski definition) is 3. The number of nitrogens with two attached hydrogens (primary N) is 1. The van der Waals surface area contributed by atoms with E-state index in [1.165, 1.54) is 18.2 Å². The van der Waals surface area contributed by atoms with Gasteiger partial charge in [0.2, 0.25) is 0 Å². The average molecular weight is 371 g/mol. The fourth-order valence-corrected chi connectivity index (χ4v) is 2.42. The number of carbonyl (C=O) groups is 1. The van der Waals surface area contributed by atoms with Gasteiger partial charge in [-0.05, 0) is 25.1 Å². The van der Waals surface area contributed by atoms with Crippen LogP contribution in [0.4, 0.5) is 20.2 Å². The van der Waals surface area contributed by atoms with Crippen LogP contribution in [0.25, 0.3) is 0 Å². The van der Waals surface area contributed by atoms with Gasteiger partial charge in [-0.25, -0.2) is 8.78 Å². The van der Waals surface area contributed by atoms with Crippen LogP contribution in [0.5, 0.6) is 0 Å². The van der Waals surface area contributed by atoms with Crippen molar-refractivity contribution in [1.29, 1.82) is 0 Å². The minimum absolute atomic E-state index is 0.0364. The van der Waals surface area contributed by atoms with E-state index < -0.39 is 28.5 Å². The molecule has 25 heavy (non-hydrogen) atoms. The molecule has 2 rings (SSSR count). The van der Waals surface area contributed by atoms with Crippen LogP contribution in [0.15, 0.2) is 36.4 Å². The normalized spacial score (nSPS) is 11.8. The maximum Gasteiger partial charge on any atom is 0.279 e. The first kappa shape index (κ1) is 18.8. The number of anilines is 1. The molecule has 0 saturated carbocycles. The molecule has 0 spiro atoms. The fourth-order valence-electron chi connectivity index (χ4n) is 2.20. The first-order valence-corrected chi connectivity index (χ1v) is 7.68. The molecule has 1 amide bonds. The Labute approximate surface area is 146 Å². The second kappa shape index (κ2) is 8.00. The third-order valence-electron chi connectivity index (χ3n) is 3.55. The maximum absolute atomic E-state index is 13.7. The predicted octanol–water partition coefficient (Wildman–Crippen LogP) is 2.79. The Hall–Kier alpha value is -2.58. The van der Waals surface area contributed by atoms with Crippen molar-refractivity contribution in [3.05, 3.63) is 68.7 Å². The number of nitrogens with zero attached hydrogens (tertiary/aromatic N) is 1. The molecular formula is C16H15ClF2N3O3+. The van der Waals surface area contributed by atoms with Crippen LogP contribution in [-0.2, 0) is 4.79 Å². The van der Waals surface area contributed by atoms with Gasteiger partial charge in [0, 0.05) is 23.8 Å². The van der Waals surface area contributed by atoms with E-state index in [1.807, 2.05) is 0 Å². The molecule has 0 heterocycles. The quantitative estimate of drug-likeness (QED) is 0.605. The van der Waals surface area contributed by atoms with Crippen LogP contribution in [0.1, 0.15) is 18.5 Å². The topological polar surface area (TPSA) is 88.8 Å². The molecule has 3 N–H and O–H groups in total. The lowest BCUT2D eigenvalue weighted by Crippen LogP contribution is -2.86. The number of nitro groups is 1. The summed E-state index contributed by atoms with van der Waals surface area (Å²) in [6, 6.07) is 6.56. The number of quaternary nitrogens is 1. The number of rotatable bonds is 6. The molecule has 0 fully saturated rings. The minimum Gasteiger partial charge on any atom is -0.332 e. The highest BCUT2D eigenvalue weighted by molar-refractivity contribution is 6.33. The van der Waals surface area contributed by atoms with Gasteiger partial charge in [0.05, 0.1) is 15.6 Å². The van der Waals surface area contributed by atoms with Crippen molar-refractivity contribution < 1.29 is 23.8 Å². The Bertz CT molecular complexity index is 817. The Morgan fingerprint density at radius 2 is 2.04 bits per heavy atom. The minimum atomic E-state index is -0.678. The van der Waals surface area contributed by atoms with Crippen molar-refractivity contribution in [2.75, 3.05) is 11.9 Å². The molecule has 0 radical (unpaired) electrons. The summed E-state index contributed by atoms with van der Waals surface area (Å²) >= 11 is 5.90. The number of carbonyl (C=O) groups excluding carboxylic acids is 1. The monoisotopic (exact) mass is 370 g/mol. The number of halogens is 3. The molecule has 6 nitrogen and oxygen atoms in total. The van der Waals surface area contributed by atoms with E-state index >= 15 is 0 Å². The molecule has 132 valence electrons. The lowest BCUT2D eigenvalue weighted by molar-refractivity contribution is -0.682. The van der Waals surface area contributed by atoms with Crippen molar-refractivity contribution in [2.45, 2.75) is 13.0 Å². The number of amides is 1. The third-order valence-corrected chi connectivity index (χ3v) is 3.86. The zero-order valence-corrected chi connectivity index (χ0v) is 13.9. The van der Waals surface area contributed by atoms with E-state index in [2.05, 4.69) is 5.32 Å². The molecule has 0 aromatic heterocycles. The summed E-state index contributed by atoms with van der Waals surface area (Å²) in [6.45, 7) is 1.65. The average Bonchev–Trinajstić information content (AvgIpc) is 2.54. The zero-order valence-electron chi connectivity index (χ0n) is 13.1. The highest BCUT2D eigenvalue weighted by Crippen LogP contribution is 2.26. The molecule has 9 heteroatoms. The molecule has 0 aliphatic heterocycles. The zero-order chi connectivity index (χ0) is 18.6. The van der Waals surface area contributed by atoms with Crippen molar-refractivity contribution in [3.8, 4) is 0 Å². The molecule has 0 aliphatic carbocycles. The van der Waals surface area contributed by atoms with Gasteiger partial charge in [-0.1, -0.05) is 11.6 Å². The van der Waals surface area contributed by atoms with E-state index in [4.69, 9.17) is 11.6 Å². The summed E-state index contributed by atoms with van der Waals surface area (Å²) in [7, 11) is 0. The second-order valence-electron chi connectivity index (χ2n) is 5.36. The second-order valence-corrected chi connectivity index (χ2v) is 5.77. The van der Waals surface area contributed by atoms with Crippen molar-refractivity contribution >= 4 is 28.9 Å². The summed E-state index contributed by atoms with van der Waals surface area (Å²) < 4.78 is 26.6. The first-order valence-electron chi connectivity index (χ1n) is 7.30. The highest BCUT2D eigenvalue weighted by Gasteiger charge is 2.17. The number of nitrogens with one attached hydrogen (secondary N) is 1. The fraction of sp³-hybridized carbons (Fsp3) is 0.188. The van der Waals surface area contributed by atoms with E-state index in [0.29, 0.717) is 0 Å². The Morgan fingerprint density at radius 1 is 1.32 bits per heavy atom. The van der Waals surface area contributed by atoms with Crippen LogP contribution in [0, 0.1) is 21.7 Å². The highest BCUT2D eigenvalue weighted by atomic mass is 35.5. The summed E-state index contributed by atoms with van der Waals surface area (Å²) in [5, 5.41) is 14.8. The van der Waals surface area contributed by atoms with Gasteiger partial charge in [0.25, 0.3) is 11.6 Å². The van der Waals surface area contributed by atoms with Gasteiger partial charge in [-0.2, -0.15) is 0 Å². The molecule has 0 unspecified atom stereocenters. The number of non-ortho nitro benzene ring substituents is 1. The number of benzene rings is 2. The lowest BCUT2D eigenvalue weighted by atomic mass is 10.1. The largest absolute Gasteiger partial charge is 0.332 e. The van der Waals surface area contributed by atoms with E-state index in [0.717, 1.165) is 18.2 Å². The Morgan fingerprint density at radius 3 is 2.64 bits per heavy atom. The van der Waals surface area contributed by atoms with Crippen LogP contribution >= 0.6 is 11.6 Å². The van der Waals surface area contributed by atoms with Crippen molar-refractivity contribution in [3.63, 3.8) is 0 Å². The lowest BCUT2D eigenvalue weighted by Gasteiger charge is -2.12. The molecule has 0 aliphatic rings. The van der Waals surface area contributed by atoms with Crippen LogP contribution in [-0.4, -0.2) is 17.4 Å². The summed E-state index contributed by atoms with van der Waals surface area (Å²) in [4.78, 5) is 22.0. The number of hydrogen-bond donors (Lipinski definition) is 2. The van der Waals surface area contributed by atoms with Gasteiger partial charge < -0.3 is 10.6 Å². The van der Waals surface area contributed by atoms with E-state index in [1.54, 1.807) is 12.2 Å². The molecule has 0 saturated heterocycles. The molecular weight excluding hydrogens is 356 g/mol. The van der Waals surface area contributed by atoms with Gasteiger partial charge >= 0.3 is 0 Å². The SMILES string of the molecule is C[C@H]([NH2+]CC(=O)Nc1ccc([N+](=O)[O-])cc1Cl)c1ccc(F)cc1F. The first-order chi connectivity index (χ1) is 11.8. The third kappa shape index (κ3) is 4.94. The summed E-state index contributed by atoms with van der Waals surface area (Å²) in [5.41, 5.74) is 0.337. The number of nitro benzene ring substituents is 1. The molecule has 1 atom stereocenters. The Balaban J connectivity index is 1.95.